The summed E-state index contributed by atoms with van der Waals surface area (Å²) in [5.41, 5.74) is 0.545. The van der Waals surface area contributed by atoms with E-state index in [1.165, 1.54) is 6.07 Å². The predicted molar refractivity (Wildman–Crippen MR) is 69.2 cm³/mol. The fourth-order valence-electron chi connectivity index (χ4n) is 1.61. The van der Waals surface area contributed by atoms with Crippen molar-refractivity contribution in [1.29, 1.82) is 0 Å². The zero-order chi connectivity index (χ0) is 13.0. The van der Waals surface area contributed by atoms with Crippen molar-refractivity contribution in [1.82, 2.24) is 10.6 Å². The quantitative estimate of drug-likeness (QED) is 0.896. The maximum atomic E-state index is 13.7. The normalized spacial score (nSPS) is 14.2. The van der Waals surface area contributed by atoms with Crippen molar-refractivity contribution in [2.75, 3.05) is 7.05 Å². The van der Waals surface area contributed by atoms with E-state index in [0.29, 0.717) is 10.0 Å². The largest absolute Gasteiger partial charge is 0.358 e. The molecule has 94 valence electrons. The molecule has 0 aliphatic rings. The Morgan fingerprint density at radius 1 is 1.41 bits per heavy atom. The van der Waals surface area contributed by atoms with Crippen LogP contribution in [0.2, 0.25) is 0 Å². The van der Waals surface area contributed by atoms with Crippen LogP contribution in [0.25, 0.3) is 0 Å². The van der Waals surface area contributed by atoms with E-state index in [9.17, 15) is 9.18 Å². The van der Waals surface area contributed by atoms with Crippen LogP contribution in [0, 0.1) is 5.82 Å². The molecule has 2 atom stereocenters. The number of carbonyl (C=O) groups excluding carboxylic acids is 1. The minimum atomic E-state index is -0.363. The van der Waals surface area contributed by atoms with Crippen LogP contribution in [0.3, 0.4) is 0 Å². The minimum absolute atomic E-state index is 0.116. The van der Waals surface area contributed by atoms with Crippen LogP contribution in [0.15, 0.2) is 22.7 Å². The average Bonchev–Trinajstić information content (AvgIpc) is 2.27. The molecule has 2 N–H and O–H groups in total. The number of rotatable bonds is 4. The lowest BCUT2D eigenvalue weighted by Crippen LogP contribution is -2.41. The SMILES string of the molecule is CNC(=O)C(C)NC(C)c1ccc(Br)cc1F. The van der Waals surface area contributed by atoms with Gasteiger partial charge in [-0.25, -0.2) is 4.39 Å². The van der Waals surface area contributed by atoms with Crippen LogP contribution in [0.5, 0.6) is 0 Å². The number of nitrogens with one attached hydrogen (secondary N) is 2. The van der Waals surface area contributed by atoms with Gasteiger partial charge in [-0.15, -0.1) is 0 Å². The van der Waals surface area contributed by atoms with Crippen molar-refractivity contribution < 1.29 is 9.18 Å². The zero-order valence-electron chi connectivity index (χ0n) is 10.1. The number of carbonyl (C=O) groups is 1. The van der Waals surface area contributed by atoms with Gasteiger partial charge in [0.25, 0.3) is 0 Å². The van der Waals surface area contributed by atoms with Gasteiger partial charge in [0.05, 0.1) is 6.04 Å². The standard InChI is InChI=1S/C12H16BrFN2O/c1-7(16-8(2)12(17)15-3)10-5-4-9(13)6-11(10)14/h4-8,16H,1-3H3,(H,15,17). The van der Waals surface area contributed by atoms with Crippen molar-refractivity contribution in [3.05, 3.63) is 34.1 Å². The average molecular weight is 303 g/mol. The van der Waals surface area contributed by atoms with E-state index in [4.69, 9.17) is 0 Å². The van der Waals surface area contributed by atoms with Gasteiger partial charge in [0.2, 0.25) is 5.91 Å². The third-order valence-electron chi connectivity index (χ3n) is 2.57. The Labute approximate surface area is 109 Å². The van der Waals surface area contributed by atoms with Gasteiger partial charge in [-0.2, -0.15) is 0 Å². The van der Waals surface area contributed by atoms with Crippen LogP contribution in [0.4, 0.5) is 4.39 Å². The first kappa shape index (κ1) is 14.1. The fraction of sp³-hybridized carbons (Fsp3) is 0.417. The first-order valence-electron chi connectivity index (χ1n) is 5.38. The predicted octanol–water partition coefficient (Wildman–Crippen LogP) is 2.37. The molecule has 17 heavy (non-hydrogen) atoms. The molecule has 1 amide bonds. The van der Waals surface area contributed by atoms with Crippen molar-refractivity contribution in [2.24, 2.45) is 0 Å². The second kappa shape index (κ2) is 6.12. The van der Waals surface area contributed by atoms with Gasteiger partial charge < -0.3 is 5.32 Å². The number of hydrogen-bond donors (Lipinski definition) is 2. The molecule has 0 aliphatic heterocycles. The molecule has 0 radical (unpaired) electrons. The van der Waals surface area contributed by atoms with Gasteiger partial charge in [0.15, 0.2) is 0 Å². The number of halogens is 2. The van der Waals surface area contributed by atoms with Crippen molar-refractivity contribution in [3.63, 3.8) is 0 Å². The maximum absolute atomic E-state index is 13.7. The maximum Gasteiger partial charge on any atom is 0.236 e. The van der Waals surface area contributed by atoms with E-state index in [1.807, 2.05) is 6.92 Å². The third-order valence-corrected chi connectivity index (χ3v) is 3.06. The van der Waals surface area contributed by atoms with Gasteiger partial charge >= 0.3 is 0 Å². The first-order valence-corrected chi connectivity index (χ1v) is 6.17. The molecule has 0 saturated heterocycles. The lowest BCUT2D eigenvalue weighted by Gasteiger charge is -2.19. The smallest absolute Gasteiger partial charge is 0.236 e. The Kier molecular flexibility index (Phi) is 5.08. The molecular formula is C12H16BrFN2O. The molecule has 0 aromatic heterocycles. The molecule has 0 spiro atoms. The van der Waals surface area contributed by atoms with Crippen molar-refractivity contribution in [3.8, 4) is 0 Å². The summed E-state index contributed by atoms with van der Waals surface area (Å²) in [6.07, 6.45) is 0. The first-order chi connectivity index (χ1) is 7.95. The highest BCUT2D eigenvalue weighted by molar-refractivity contribution is 9.10. The molecule has 0 heterocycles. The number of hydrogen-bond acceptors (Lipinski definition) is 2. The summed E-state index contributed by atoms with van der Waals surface area (Å²) in [5, 5.41) is 5.58. The molecule has 1 rings (SSSR count). The summed E-state index contributed by atoms with van der Waals surface area (Å²) in [6.45, 7) is 3.57. The van der Waals surface area contributed by atoms with E-state index in [1.54, 1.807) is 26.1 Å². The highest BCUT2D eigenvalue weighted by atomic mass is 79.9. The fourth-order valence-corrected chi connectivity index (χ4v) is 1.94. The molecule has 0 fully saturated rings. The van der Waals surface area contributed by atoms with Gasteiger partial charge in [-0.05, 0) is 26.0 Å². The van der Waals surface area contributed by atoms with E-state index in [-0.39, 0.29) is 23.8 Å². The van der Waals surface area contributed by atoms with Gasteiger partial charge in [0.1, 0.15) is 5.82 Å². The molecule has 5 heteroatoms. The topological polar surface area (TPSA) is 41.1 Å². The molecule has 2 unspecified atom stereocenters. The summed E-state index contributed by atoms with van der Waals surface area (Å²) in [7, 11) is 1.57. The van der Waals surface area contributed by atoms with Gasteiger partial charge in [-0.1, -0.05) is 22.0 Å². The Balaban J connectivity index is 2.76. The third kappa shape index (κ3) is 3.78. The van der Waals surface area contributed by atoms with Crippen LogP contribution >= 0.6 is 15.9 Å². The Bertz CT molecular complexity index is 411. The lowest BCUT2D eigenvalue weighted by atomic mass is 10.1. The molecule has 3 nitrogen and oxygen atoms in total. The summed E-state index contributed by atoms with van der Waals surface area (Å²) >= 11 is 3.21. The summed E-state index contributed by atoms with van der Waals surface area (Å²) in [6, 6.07) is 4.31. The van der Waals surface area contributed by atoms with E-state index >= 15 is 0 Å². The second-order valence-corrected chi connectivity index (χ2v) is 4.81. The molecule has 0 aliphatic carbocycles. The van der Waals surface area contributed by atoms with Gasteiger partial charge in [-0.3, -0.25) is 10.1 Å². The molecule has 1 aromatic rings. The number of likely N-dealkylation sites (N-methyl/N-ethyl adjacent to an activating group) is 1. The Hall–Kier alpha value is -0.940. The minimum Gasteiger partial charge on any atom is -0.358 e. The molecule has 0 saturated carbocycles. The Morgan fingerprint density at radius 2 is 2.06 bits per heavy atom. The summed E-state index contributed by atoms with van der Waals surface area (Å²) in [4.78, 5) is 11.3. The monoisotopic (exact) mass is 302 g/mol. The van der Waals surface area contributed by atoms with E-state index < -0.39 is 0 Å². The zero-order valence-corrected chi connectivity index (χ0v) is 11.6. The van der Waals surface area contributed by atoms with Crippen LogP contribution in [0.1, 0.15) is 25.5 Å². The molecule has 0 bridgehead atoms. The number of amides is 1. The highest BCUT2D eigenvalue weighted by Gasteiger charge is 2.17. The van der Waals surface area contributed by atoms with Crippen molar-refractivity contribution >= 4 is 21.8 Å². The van der Waals surface area contributed by atoms with E-state index in [0.717, 1.165) is 0 Å². The van der Waals surface area contributed by atoms with Crippen molar-refractivity contribution in [2.45, 2.75) is 25.9 Å². The summed E-state index contributed by atoms with van der Waals surface area (Å²) < 4.78 is 14.4. The van der Waals surface area contributed by atoms with Gasteiger partial charge in [0, 0.05) is 23.1 Å². The summed E-state index contributed by atoms with van der Waals surface area (Å²) in [5.74, 6) is -0.405. The highest BCUT2D eigenvalue weighted by Crippen LogP contribution is 2.21. The van der Waals surface area contributed by atoms with Crippen LogP contribution in [-0.4, -0.2) is 19.0 Å². The number of benzene rings is 1. The molecular weight excluding hydrogens is 287 g/mol. The second-order valence-electron chi connectivity index (χ2n) is 3.89. The van der Waals surface area contributed by atoms with Crippen LogP contribution < -0.4 is 10.6 Å². The van der Waals surface area contributed by atoms with Crippen LogP contribution in [-0.2, 0) is 4.79 Å². The molecule has 1 aromatic carbocycles. The van der Waals surface area contributed by atoms with E-state index in [2.05, 4.69) is 26.6 Å². The lowest BCUT2D eigenvalue weighted by molar-refractivity contribution is -0.122. The Morgan fingerprint density at radius 3 is 2.59 bits per heavy atom.